The molecule has 1 heterocycles. The third kappa shape index (κ3) is 4.14. The highest BCUT2D eigenvalue weighted by Crippen LogP contribution is 2.23. The van der Waals surface area contributed by atoms with E-state index >= 15 is 0 Å². The van der Waals surface area contributed by atoms with Crippen LogP contribution in [0, 0.1) is 0 Å². The molecule has 124 valence electrons. The molecule has 6 heteroatoms. The molecule has 2 aromatic rings. The van der Waals surface area contributed by atoms with Gasteiger partial charge >= 0.3 is 0 Å². The Morgan fingerprint density at radius 3 is 2.46 bits per heavy atom. The number of anilines is 2. The summed E-state index contributed by atoms with van der Waals surface area (Å²) in [5, 5.41) is 2.78. The maximum atomic E-state index is 11.9. The Morgan fingerprint density at radius 1 is 1.12 bits per heavy atom. The van der Waals surface area contributed by atoms with Crippen molar-refractivity contribution in [2.45, 2.75) is 12.8 Å². The number of hydrogen-bond acceptors (Lipinski definition) is 3. The molecule has 0 saturated carbocycles. The van der Waals surface area contributed by atoms with E-state index in [0.717, 1.165) is 23.1 Å². The van der Waals surface area contributed by atoms with Gasteiger partial charge in [0, 0.05) is 28.8 Å². The van der Waals surface area contributed by atoms with Crippen molar-refractivity contribution in [1.29, 1.82) is 0 Å². The van der Waals surface area contributed by atoms with Crippen molar-refractivity contribution < 1.29 is 14.3 Å². The number of ether oxygens (including phenoxy) is 1. The third-order valence-corrected chi connectivity index (χ3v) is 4.25. The summed E-state index contributed by atoms with van der Waals surface area (Å²) in [6.45, 7) is 0.694. The van der Waals surface area contributed by atoms with Gasteiger partial charge in [-0.1, -0.05) is 15.9 Å². The molecule has 2 aromatic carbocycles. The Labute approximate surface area is 148 Å². The zero-order chi connectivity index (χ0) is 16.9. The van der Waals surface area contributed by atoms with Crippen molar-refractivity contribution >= 4 is 39.1 Å². The van der Waals surface area contributed by atoms with E-state index in [4.69, 9.17) is 4.74 Å². The first-order valence-electron chi connectivity index (χ1n) is 7.70. The molecule has 0 aromatic heterocycles. The Morgan fingerprint density at radius 2 is 1.83 bits per heavy atom. The predicted molar refractivity (Wildman–Crippen MR) is 96.3 cm³/mol. The van der Waals surface area contributed by atoms with Crippen LogP contribution in [0.25, 0.3) is 0 Å². The molecular weight excluding hydrogens is 372 g/mol. The quantitative estimate of drug-likeness (QED) is 0.850. The minimum atomic E-state index is -0.233. The van der Waals surface area contributed by atoms with Gasteiger partial charge in [0.05, 0.1) is 0 Å². The lowest BCUT2D eigenvalue weighted by molar-refractivity contribution is -0.118. The van der Waals surface area contributed by atoms with Crippen LogP contribution in [0.4, 0.5) is 11.4 Å². The molecule has 24 heavy (non-hydrogen) atoms. The number of rotatable bonds is 5. The summed E-state index contributed by atoms with van der Waals surface area (Å²) in [6.07, 6.45) is 1.50. The minimum absolute atomic E-state index is 0.0615. The second-order valence-corrected chi connectivity index (χ2v) is 6.40. The Kier molecular flexibility index (Phi) is 5.15. The van der Waals surface area contributed by atoms with Crippen LogP contribution in [0.2, 0.25) is 0 Å². The zero-order valence-electron chi connectivity index (χ0n) is 13.0. The van der Waals surface area contributed by atoms with Crippen LogP contribution in [0.1, 0.15) is 12.8 Å². The van der Waals surface area contributed by atoms with Crippen molar-refractivity contribution in [1.82, 2.24) is 0 Å². The molecular formula is C18H17BrN2O3. The summed E-state index contributed by atoms with van der Waals surface area (Å²) < 4.78 is 6.38. The molecule has 0 bridgehead atoms. The summed E-state index contributed by atoms with van der Waals surface area (Å²) in [5.74, 6) is 0.550. The molecule has 5 nitrogen and oxygen atoms in total. The van der Waals surface area contributed by atoms with Gasteiger partial charge in [-0.3, -0.25) is 9.59 Å². The number of nitrogens with one attached hydrogen (secondary N) is 1. The van der Waals surface area contributed by atoms with Crippen molar-refractivity contribution in [3.05, 3.63) is 53.0 Å². The number of halogens is 1. The average Bonchev–Trinajstić information content (AvgIpc) is 3.01. The molecule has 0 spiro atoms. The lowest BCUT2D eigenvalue weighted by atomic mass is 10.2. The first kappa shape index (κ1) is 16.5. The fraction of sp³-hybridized carbons (Fsp3) is 0.222. The van der Waals surface area contributed by atoms with Crippen molar-refractivity contribution in [2.75, 3.05) is 23.4 Å². The summed E-state index contributed by atoms with van der Waals surface area (Å²) in [5.41, 5.74) is 1.54. The highest BCUT2D eigenvalue weighted by atomic mass is 79.9. The first-order valence-corrected chi connectivity index (χ1v) is 8.50. The monoisotopic (exact) mass is 388 g/mol. The van der Waals surface area contributed by atoms with Gasteiger partial charge in [-0.2, -0.15) is 0 Å². The Hall–Kier alpha value is -2.34. The summed E-state index contributed by atoms with van der Waals surface area (Å²) in [4.78, 5) is 25.4. The molecule has 0 unspecified atom stereocenters. The lowest BCUT2D eigenvalue weighted by Gasteiger charge is -2.16. The molecule has 2 amide bonds. The van der Waals surface area contributed by atoms with Gasteiger partial charge in [0.15, 0.2) is 6.61 Å². The molecule has 1 aliphatic heterocycles. The van der Waals surface area contributed by atoms with Gasteiger partial charge in [-0.15, -0.1) is 0 Å². The standard InChI is InChI=1S/C18H17BrN2O3/c19-13-3-9-16(10-4-13)24-12-17(22)20-14-5-7-15(8-6-14)21-11-1-2-18(21)23/h3-10H,1-2,11-12H2,(H,20,22). The van der Waals surface area contributed by atoms with E-state index in [-0.39, 0.29) is 18.4 Å². The van der Waals surface area contributed by atoms with Crippen LogP contribution < -0.4 is 15.0 Å². The SMILES string of the molecule is O=C(COc1ccc(Br)cc1)Nc1ccc(N2CCCC2=O)cc1. The van der Waals surface area contributed by atoms with Crippen molar-refractivity contribution in [3.8, 4) is 5.75 Å². The fourth-order valence-corrected chi connectivity index (χ4v) is 2.79. The van der Waals surface area contributed by atoms with Crippen LogP contribution in [0.15, 0.2) is 53.0 Å². The summed E-state index contributed by atoms with van der Waals surface area (Å²) >= 11 is 3.34. The molecule has 1 fully saturated rings. The van der Waals surface area contributed by atoms with Crippen LogP contribution in [-0.2, 0) is 9.59 Å². The molecule has 0 radical (unpaired) electrons. The van der Waals surface area contributed by atoms with Crippen LogP contribution in [0.3, 0.4) is 0 Å². The van der Waals surface area contributed by atoms with E-state index in [1.165, 1.54) is 0 Å². The molecule has 1 N–H and O–H groups in total. The predicted octanol–water partition coefficient (Wildman–Crippen LogP) is 3.59. The molecule has 1 aliphatic rings. The normalized spacial score (nSPS) is 13.9. The Balaban J connectivity index is 1.52. The second-order valence-electron chi connectivity index (χ2n) is 5.49. The molecule has 0 atom stereocenters. The smallest absolute Gasteiger partial charge is 0.262 e. The fourth-order valence-electron chi connectivity index (χ4n) is 2.52. The highest BCUT2D eigenvalue weighted by molar-refractivity contribution is 9.10. The highest BCUT2D eigenvalue weighted by Gasteiger charge is 2.21. The molecule has 1 saturated heterocycles. The first-order chi connectivity index (χ1) is 11.6. The van der Waals surface area contributed by atoms with E-state index in [0.29, 0.717) is 17.9 Å². The number of hydrogen-bond donors (Lipinski definition) is 1. The van der Waals surface area contributed by atoms with E-state index in [9.17, 15) is 9.59 Å². The van der Waals surface area contributed by atoms with E-state index < -0.39 is 0 Å². The van der Waals surface area contributed by atoms with E-state index in [1.54, 1.807) is 29.2 Å². The van der Waals surface area contributed by atoms with Gasteiger partial charge in [0.2, 0.25) is 5.91 Å². The number of benzene rings is 2. The van der Waals surface area contributed by atoms with Crippen LogP contribution in [0.5, 0.6) is 5.75 Å². The number of amides is 2. The van der Waals surface area contributed by atoms with Gasteiger partial charge in [0.1, 0.15) is 5.75 Å². The maximum absolute atomic E-state index is 11.9. The van der Waals surface area contributed by atoms with Crippen molar-refractivity contribution in [2.24, 2.45) is 0 Å². The van der Waals surface area contributed by atoms with Crippen LogP contribution in [-0.4, -0.2) is 25.0 Å². The van der Waals surface area contributed by atoms with Crippen molar-refractivity contribution in [3.63, 3.8) is 0 Å². The Bertz CT molecular complexity index is 729. The average molecular weight is 389 g/mol. The largest absolute Gasteiger partial charge is 0.484 e. The van der Waals surface area contributed by atoms with E-state index in [2.05, 4.69) is 21.2 Å². The molecule has 3 rings (SSSR count). The van der Waals surface area contributed by atoms with Gasteiger partial charge < -0.3 is 15.0 Å². The topological polar surface area (TPSA) is 58.6 Å². The van der Waals surface area contributed by atoms with Crippen LogP contribution >= 0.6 is 15.9 Å². The lowest BCUT2D eigenvalue weighted by Crippen LogP contribution is -2.23. The third-order valence-electron chi connectivity index (χ3n) is 3.72. The number of nitrogens with zero attached hydrogens (tertiary/aromatic N) is 1. The van der Waals surface area contributed by atoms with Gasteiger partial charge in [-0.25, -0.2) is 0 Å². The maximum Gasteiger partial charge on any atom is 0.262 e. The molecule has 0 aliphatic carbocycles. The van der Waals surface area contributed by atoms with Gasteiger partial charge in [0.25, 0.3) is 5.91 Å². The minimum Gasteiger partial charge on any atom is -0.484 e. The number of carbonyl (C=O) groups excluding carboxylic acids is 2. The second kappa shape index (κ2) is 7.49. The van der Waals surface area contributed by atoms with E-state index in [1.807, 2.05) is 24.3 Å². The summed E-state index contributed by atoms with van der Waals surface area (Å²) in [7, 11) is 0. The van der Waals surface area contributed by atoms with Gasteiger partial charge in [-0.05, 0) is 55.0 Å². The summed E-state index contributed by atoms with van der Waals surface area (Å²) in [6, 6.07) is 14.6. The zero-order valence-corrected chi connectivity index (χ0v) is 14.6. The number of carbonyl (C=O) groups is 2.